The zero-order valence-electron chi connectivity index (χ0n) is 4.66. The van der Waals surface area contributed by atoms with Gasteiger partial charge in [0.2, 0.25) is 6.29 Å². The predicted molar refractivity (Wildman–Crippen MR) is 30.0 cm³/mol. The second-order valence-corrected chi connectivity index (χ2v) is 1.75. The molecular weight excluding hydrogens is 104 g/mol. The normalized spacial score (nSPS) is 26.8. The van der Waals surface area contributed by atoms with Gasteiger partial charge in [0.15, 0.2) is 0 Å². The van der Waals surface area contributed by atoms with Crippen molar-refractivity contribution in [3.63, 3.8) is 0 Å². The lowest BCUT2D eigenvalue weighted by molar-refractivity contribution is -0.0143. The van der Waals surface area contributed by atoms with Gasteiger partial charge in [-0.05, 0) is 18.6 Å². The molecule has 0 bridgehead atoms. The highest BCUT2D eigenvalue weighted by Gasteiger charge is 1.99. The number of hydrogen-bond donors (Lipinski definition) is 1. The summed E-state index contributed by atoms with van der Waals surface area (Å²) >= 11 is 0. The zero-order valence-corrected chi connectivity index (χ0v) is 4.66. The zero-order chi connectivity index (χ0) is 5.98. The van der Waals surface area contributed by atoms with Crippen LogP contribution in [0.15, 0.2) is 24.0 Å². The smallest absolute Gasteiger partial charge is 0.216 e. The van der Waals surface area contributed by atoms with E-state index in [2.05, 4.69) is 0 Å². The highest BCUT2D eigenvalue weighted by atomic mass is 16.6. The Morgan fingerprint density at radius 3 is 2.88 bits per heavy atom. The Labute approximate surface area is 48.1 Å². The van der Waals surface area contributed by atoms with Crippen LogP contribution in [0.25, 0.3) is 0 Å². The molecule has 0 aromatic heterocycles. The number of aliphatic hydroxyl groups excluding tert-OH is 1. The van der Waals surface area contributed by atoms with Crippen LogP contribution in [0.4, 0.5) is 0 Å². The Balaban J connectivity index is 2.58. The Hall–Kier alpha value is -0.760. The summed E-state index contributed by atoms with van der Waals surface area (Å²) in [4.78, 5) is 0. The second kappa shape index (κ2) is 2.01. The van der Waals surface area contributed by atoms with Crippen LogP contribution >= 0.6 is 0 Å². The summed E-state index contributed by atoms with van der Waals surface area (Å²) in [6.07, 6.45) is 4.20. The van der Waals surface area contributed by atoms with Crippen molar-refractivity contribution in [2.45, 2.75) is 13.2 Å². The summed E-state index contributed by atoms with van der Waals surface area (Å²) in [5.74, 6) is 0. The first-order valence-electron chi connectivity index (χ1n) is 2.47. The van der Waals surface area contributed by atoms with Crippen molar-refractivity contribution in [3.05, 3.63) is 24.0 Å². The van der Waals surface area contributed by atoms with Gasteiger partial charge in [-0.15, -0.1) is 0 Å². The third-order valence-corrected chi connectivity index (χ3v) is 0.917. The molecule has 0 radical (unpaired) electrons. The van der Waals surface area contributed by atoms with E-state index in [1.54, 1.807) is 6.08 Å². The molecule has 1 atom stereocenters. The lowest BCUT2D eigenvalue weighted by Crippen LogP contribution is -2.06. The van der Waals surface area contributed by atoms with E-state index in [9.17, 15) is 0 Å². The van der Waals surface area contributed by atoms with E-state index < -0.39 is 6.29 Å². The molecule has 2 nitrogen and oxygen atoms in total. The van der Waals surface area contributed by atoms with Gasteiger partial charge in [0, 0.05) is 0 Å². The molecule has 0 amide bonds. The summed E-state index contributed by atoms with van der Waals surface area (Å²) in [5, 5.41) is 8.67. The third kappa shape index (κ3) is 1.10. The largest absolute Gasteiger partial charge is 0.469 e. The Bertz CT molecular complexity index is 135. The molecule has 1 unspecified atom stereocenters. The Morgan fingerprint density at radius 1 is 1.75 bits per heavy atom. The minimum Gasteiger partial charge on any atom is -0.469 e. The van der Waals surface area contributed by atoms with Crippen LogP contribution in [0.3, 0.4) is 0 Å². The second-order valence-electron chi connectivity index (χ2n) is 1.75. The van der Waals surface area contributed by atoms with E-state index in [0.29, 0.717) is 0 Å². The van der Waals surface area contributed by atoms with Gasteiger partial charge in [-0.3, -0.25) is 0 Å². The lowest BCUT2D eigenvalue weighted by atomic mass is 10.3. The van der Waals surface area contributed by atoms with Crippen LogP contribution in [-0.4, -0.2) is 11.4 Å². The topological polar surface area (TPSA) is 29.5 Å². The molecule has 2 heteroatoms. The van der Waals surface area contributed by atoms with Gasteiger partial charge in [-0.1, -0.05) is 6.08 Å². The van der Waals surface area contributed by atoms with Gasteiger partial charge in [0.25, 0.3) is 0 Å². The van der Waals surface area contributed by atoms with Crippen LogP contribution in [0.5, 0.6) is 0 Å². The van der Waals surface area contributed by atoms with Gasteiger partial charge in [0.05, 0.1) is 6.26 Å². The van der Waals surface area contributed by atoms with Gasteiger partial charge >= 0.3 is 0 Å². The molecule has 0 aliphatic carbocycles. The minimum absolute atomic E-state index is 0.737. The van der Waals surface area contributed by atoms with Gasteiger partial charge < -0.3 is 9.84 Å². The Kier molecular flexibility index (Phi) is 1.35. The van der Waals surface area contributed by atoms with Gasteiger partial charge in [0.1, 0.15) is 0 Å². The van der Waals surface area contributed by atoms with Crippen molar-refractivity contribution < 1.29 is 9.84 Å². The summed E-state index contributed by atoms with van der Waals surface area (Å²) < 4.78 is 4.70. The van der Waals surface area contributed by atoms with Crippen molar-refractivity contribution >= 4 is 0 Å². The molecule has 0 saturated heterocycles. The Morgan fingerprint density at radius 2 is 2.50 bits per heavy atom. The van der Waals surface area contributed by atoms with Crippen molar-refractivity contribution in [1.82, 2.24) is 0 Å². The van der Waals surface area contributed by atoms with Crippen LogP contribution in [0.2, 0.25) is 0 Å². The average molecular weight is 112 g/mol. The molecular formula is C6H8O2. The molecule has 1 aliphatic heterocycles. The molecule has 0 saturated carbocycles. The van der Waals surface area contributed by atoms with E-state index in [4.69, 9.17) is 9.84 Å². The molecule has 8 heavy (non-hydrogen) atoms. The SMILES string of the molecule is CC1=COC(O)C=C1. The molecule has 1 N–H and O–H groups in total. The maximum atomic E-state index is 8.67. The van der Waals surface area contributed by atoms with Crippen molar-refractivity contribution in [2.75, 3.05) is 0 Å². The van der Waals surface area contributed by atoms with E-state index in [0.717, 1.165) is 5.57 Å². The summed E-state index contributed by atoms with van der Waals surface area (Å²) in [5.41, 5.74) is 1.02. The number of hydrogen-bond acceptors (Lipinski definition) is 2. The van der Waals surface area contributed by atoms with Crippen LogP contribution in [0.1, 0.15) is 6.92 Å². The molecule has 1 rings (SSSR count). The van der Waals surface area contributed by atoms with E-state index >= 15 is 0 Å². The van der Waals surface area contributed by atoms with E-state index in [-0.39, 0.29) is 0 Å². The molecule has 0 aromatic rings. The van der Waals surface area contributed by atoms with Crippen molar-refractivity contribution in [3.8, 4) is 0 Å². The summed E-state index contributed by atoms with van der Waals surface area (Å²) in [6.45, 7) is 1.91. The predicted octanol–water partition coefficient (Wildman–Crippen LogP) is 0.795. The monoisotopic (exact) mass is 112 g/mol. The first-order chi connectivity index (χ1) is 3.79. The number of aliphatic hydroxyl groups is 1. The molecule has 44 valence electrons. The fraction of sp³-hybridized carbons (Fsp3) is 0.333. The number of ether oxygens (including phenoxy) is 1. The third-order valence-electron chi connectivity index (χ3n) is 0.917. The average Bonchev–Trinajstić information content (AvgIpc) is 1.77. The van der Waals surface area contributed by atoms with Crippen molar-refractivity contribution in [2.24, 2.45) is 0 Å². The first-order valence-corrected chi connectivity index (χ1v) is 2.47. The van der Waals surface area contributed by atoms with E-state index in [1.807, 2.05) is 13.0 Å². The highest BCUT2D eigenvalue weighted by molar-refractivity contribution is 5.16. The van der Waals surface area contributed by atoms with Crippen LogP contribution in [0, 0.1) is 0 Å². The quantitative estimate of drug-likeness (QED) is 0.502. The summed E-state index contributed by atoms with van der Waals surface area (Å²) in [6, 6.07) is 0. The van der Waals surface area contributed by atoms with Gasteiger partial charge in [-0.2, -0.15) is 0 Å². The first kappa shape index (κ1) is 5.38. The number of allylic oxidation sites excluding steroid dienone is 2. The molecule has 0 spiro atoms. The van der Waals surface area contributed by atoms with Crippen molar-refractivity contribution in [1.29, 1.82) is 0 Å². The maximum absolute atomic E-state index is 8.67. The lowest BCUT2D eigenvalue weighted by Gasteiger charge is -2.09. The maximum Gasteiger partial charge on any atom is 0.216 e. The van der Waals surface area contributed by atoms with Crippen LogP contribution < -0.4 is 0 Å². The highest BCUT2D eigenvalue weighted by Crippen LogP contribution is 2.05. The fourth-order valence-electron chi connectivity index (χ4n) is 0.496. The fourth-order valence-corrected chi connectivity index (χ4v) is 0.496. The molecule has 1 heterocycles. The molecule has 0 aromatic carbocycles. The molecule has 0 fully saturated rings. The minimum atomic E-state index is -0.737. The van der Waals surface area contributed by atoms with E-state index in [1.165, 1.54) is 6.26 Å². The standard InChI is InChI=1S/C6H8O2/c1-5-2-3-6(7)8-4-5/h2-4,6-7H,1H3. The molecule has 1 aliphatic rings. The van der Waals surface area contributed by atoms with Gasteiger partial charge in [-0.25, -0.2) is 0 Å². The van der Waals surface area contributed by atoms with Crippen LogP contribution in [-0.2, 0) is 4.74 Å². The summed E-state index contributed by atoms with van der Waals surface area (Å²) in [7, 11) is 0. The number of rotatable bonds is 0.